The van der Waals surface area contributed by atoms with Crippen LogP contribution < -0.4 is 15.1 Å². The predicted octanol–water partition coefficient (Wildman–Crippen LogP) is 5.61. The Morgan fingerprint density at radius 2 is 1.22 bits per heavy atom. The quantitative estimate of drug-likeness (QED) is 0.552. The average Bonchev–Trinajstić information content (AvgIpc) is 2.82. The van der Waals surface area contributed by atoms with E-state index in [1.807, 2.05) is 6.08 Å². The van der Waals surface area contributed by atoms with Crippen LogP contribution >= 0.6 is 0 Å². The highest BCUT2D eigenvalue weighted by molar-refractivity contribution is 6.00. The largest absolute Gasteiger partial charge is 0.372 e. The van der Waals surface area contributed by atoms with Crippen LogP contribution in [0.25, 0.3) is 12.2 Å². The van der Waals surface area contributed by atoms with E-state index in [0.29, 0.717) is 6.54 Å². The Morgan fingerprint density at radius 1 is 0.781 bits per heavy atom. The number of piperidine rings is 1. The lowest BCUT2D eigenvalue weighted by Crippen LogP contribution is -2.36. The SMILES string of the molecule is CCN(CC)c1ccc(C=C2CNC(=O)C(=Cc3ccc(N(CC)CC)cc3)C2C)cc1. The van der Waals surface area contributed by atoms with Crippen molar-refractivity contribution in [2.75, 3.05) is 42.5 Å². The number of benzene rings is 2. The minimum absolute atomic E-state index is 0.0272. The van der Waals surface area contributed by atoms with Crippen molar-refractivity contribution in [2.24, 2.45) is 5.92 Å². The van der Waals surface area contributed by atoms with Gasteiger partial charge in [-0.1, -0.05) is 37.3 Å². The van der Waals surface area contributed by atoms with Crippen LogP contribution in [-0.4, -0.2) is 38.6 Å². The molecule has 32 heavy (non-hydrogen) atoms. The monoisotopic (exact) mass is 431 g/mol. The molecule has 1 saturated heterocycles. The second-order valence-corrected chi connectivity index (χ2v) is 8.25. The Hall–Kier alpha value is -3.01. The Kier molecular flexibility index (Phi) is 8.15. The van der Waals surface area contributed by atoms with E-state index >= 15 is 0 Å². The fourth-order valence-electron chi connectivity index (χ4n) is 4.33. The van der Waals surface area contributed by atoms with Gasteiger partial charge in [-0.2, -0.15) is 0 Å². The lowest BCUT2D eigenvalue weighted by atomic mass is 9.86. The van der Waals surface area contributed by atoms with Gasteiger partial charge in [-0.05, 0) is 74.7 Å². The van der Waals surface area contributed by atoms with E-state index < -0.39 is 0 Å². The average molecular weight is 432 g/mol. The number of hydrogen-bond donors (Lipinski definition) is 1. The fourth-order valence-corrected chi connectivity index (χ4v) is 4.33. The standard InChI is InChI=1S/C28H37N3O/c1-6-30(7-2)25-14-10-22(11-15-25)18-24-20-29-28(32)27(21(24)5)19-23-12-16-26(17-13-23)31(8-3)9-4/h10-19,21H,6-9,20H2,1-5H3,(H,29,32). The lowest BCUT2D eigenvalue weighted by molar-refractivity contribution is -0.118. The molecule has 1 N–H and O–H groups in total. The van der Waals surface area contributed by atoms with E-state index in [2.05, 4.69) is 104 Å². The molecule has 1 aliphatic rings. The van der Waals surface area contributed by atoms with Gasteiger partial charge in [0.15, 0.2) is 0 Å². The summed E-state index contributed by atoms with van der Waals surface area (Å²) in [6.45, 7) is 15.4. The molecule has 1 unspecified atom stereocenters. The highest BCUT2D eigenvalue weighted by Gasteiger charge is 2.25. The summed E-state index contributed by atoms with van der Waals surface area (Å²) < 4.78 is 0. The molecule has 0 spiro atoms. The molecule has 0 saturated carbocycles. The Bertz CT molecular complexity index is 949. The van der Waals surface area contributed by atoms with Crippen molar-refractivity contribution >= 4 is 29.4 Å². The van der Waals surface area contributed by atoms with Gasteiger partial charge < -0.3 is 15.1 Å². The molecule has 1 amide bonds. The third-order valence-electron chi connectivity index (χ3n) is 6.46. The maximum Gasteiger partial charge on any atom is 0.248 e. The minimum Gasteiger partial charge on any atom is -0.372 e. The maximum absolute atomic E-state index is 12.6. The van der Waals surface area contributed by atoms with Gasteiger partial charge in [0, 0.05) is 55.6 Å². The topological polar surface area (TPSA) is 35.6 Å². The second-order valence-electron chi connectivity index (χ2n) is 8.25. The van der Waals surface area contributed by atoms with Gasteiger partial charge in [0.05, 0.1) is 0 Å². The summed E-state index contributed by atoms with van der Waals surface area (Å²) in [6, 6.07) is 17.2. The van der Waals surface area contributed by atoms with Crippen molar-refractivity contribution in [1.29, 1.82) is 0 Å². The molecule has 0 radical (unpaired) electrons. The molecule has 2 aromatic rings. The van der Waals surface area contributed by atoms with E-state index in [1.165, 1.54) is 22.5 Å². The van der Waals surface area contributed by atoms with Gasteiger partial charge in [-0.3, -0.25) is 4.79 Å². The van der Waals surface area contributed by atoms with Gasteiger partial charge in [-0.25, -0.2) is 0 Å². The highest BCUT2D eigenvalue weighted by Crippen LogP contribution is 2.28. The van der Waals surface area contributed by atoms with E-state index in [1.54, 1.807) is 0 Å². The normalized spacial score (nSPS) is 18.7. The molecule has 3 rings (SSSR count). The first-order valence-corrected chi connectivity index (χ1v) is 11.9. The predicted molar refractivity (Wildman–Crippen MR) is 138 cm³/mol. The summed E-state index contributed by atoms with van der Waals surface area (Å²) in [7, 11) is 0. The van der Waals surface area contributed by atoms with Crippen LogP contribution in [0.15, 0.2) is 59.7 Å². The van der Waals surface area contributed by atoms with Crippen LogP contribution in [-0.2, 0) is 4.79 Å². The van der Waals surface area contributed by atoms with Crippen molar-refractivity contribution in [1.82, 2.24) is 5.32 Å². The zero-order valence-corrected chi connectivity index (χ0v) is 20.2. The Balaban J connectivity index is 1.81. The molecular formula is C28H37N3O. The number of carbonyl (C=O) groups is 1. The number of nitrogens with one attached hydrogen (secondary N) is 1. The third-order valence-corrected chi connectivity index (χ3v) is 6.46. The van der Waals surface area contributed by atoms with Crippen LogP contribution in [0.3, 0.4) is 0 Å². The molecule has 4 nitrogen and oxygen atoms in total. The van der Waals surface area contributed by atoms with Gasteiger partial charge in [0.25, 0.3) is 0 Å². The molecule has 0 aromatic heterocycles. The second kappa shape index (κ2) is 11.0. The van der Waals surface area contributed by atoms with Crippen LogP contribution in [0, 0.1) is 5.92 Å². The summed E-state index contributed by atoms with van der Waals surface area (Å²) in [4.78, 5) is 17.3. The fraction of sp³-hybridized carbons (Fsp3) is 0.393. The van der Waals surface area contributed by atoms with Crippen molar-refractivity contribution in [3.63, 3.8) is 0 Å². The molecule has 0 bridgehead atoms. The Morgan fingerprint density at radius 3 is 1.66 bits per heavy atom. The van der Waals surface area contributed by atoms with Crippen molar-refractivity contribution in [3.05, 3.63) is 70.8 Å². The number of hydrogen-bond acceptors (Lipinski definition) is 3. The van der Waals surface area contributed by atoms with Crippen LogP contribution in [0.5, 0.6) is 0 Å². The van der Waals surface area contributed by atoms with Crippen molar-refractivity contribution in [3.8, 4) is 0 Å². The number of nitrogens with zero attached hydrogens (tertiary/aromatic N) is 2. The molecular weight excluding hydrogens is 394 g/mol. The number of rotatable bonds is 8. The molecule has 4 heteroatoms. The van der Waals surface area contributed by atoms with Gasteiger partial charge in [-0.15, -0.1) is 0 Å². The molecule has 1 fully saturated rings. The molecule has 2 aromatic carbocycles. The summed E-state index contributed by atoms with van der Waals surface area (Å²) in [5, 5.41) is 3.06. The summed E-state index contributed by atoms with van der Waals surface area (Å²) in [5.41, 5.74) is 6.73. The van der Waals surface area contributed by atoms with Gasteiger partial charge in [0.2, 0.25) is 5.91 Å². The Labute approximate surface area is 193 Å². The number of amides is 1. The minimum atomic E-state index is 0.0272. The van der Waals surface area contributed by atoms with Crippen LogP contribution in [0.4, 0.5) is 11.4 Å². The van der Waals surface area contributed by atoms with Crippen molar-refractivity contribution in [2.45, 2.75) is 34.6 Å². The molecule has 1 aliphatic heterocycles. The first kappa shape index (κ1) is 23.6. The van der Waals surface area contributed by atoms with Gasteiger partial charge in [0.1, 0.15) is 0 Å². The smallest absolute Gasteiger partial charge is 0.248 e. The summed E-state index contributed by atoms with van der Waals surface area (Å²) in [5.74, 6) is 0.105. The molecule has 0 aliphatic carbocycles. The lowest BCUT2D eigenvalue weighted by Gasteiger charge is -2.26. The zero-order valence-electron chi connectivity index (χ0n) is 20.2. The molecule has 170 valence electrons. The van der Waals surface area contributed by atoms with Crippen LogP contribution in [0.2, 0.25) is 0 Å². The first-order chi connectivity index (χ1) is 15.5. The number of anilines is 2. The zero-order chi connectivity index (χ0) is 23.1. The van der Waals surface area contributed by atoms with Crippen LogP contribution in [0.1, 0.15) is 45.7 Å². The molecule has 1 atom stereocenters. The van der Waals surface area contributed by atoms with E-state index in [4.69, 9.17) is 0 Å². The molecule has 1 heterocycles. The summed E-state index contributed by atoms with van der Waals surface area (Å²) >= 11 is 0. The first-order valence-electron chi connectivity index (χ1n) is 11.9. The number of carbonyl (C=O) groups excluding carboxylic acids is 1. The summed E-state index contributed by atoms with van der Waals surface area (Å²) in [6.07, 6.45) is 4.25. The maximum atomic E-state index is 12.6. The van der Waals surface area contributed by atoms with Crippen molar-refractivity contribution < 1.29 is 4.79 Å². The van der Waals surface area contributed by atoms with E-state index in [9.17, 15) is 4.79 Å². The third kappa shape index (κ3) is 5.42. The van der Waals surface area contributed by atoms with E-state index in [0.717, 1.165) is 37.3 Å². The highest BCUT2D eigenvalue weighted by atomic mass is 16.1. The van der Waals surface area contributed by atoms with E-state index in [-0.39, 0.29) is 11.8 Å². The van der Waals surface area contributed by atoms with Gasteiger partial charge >= 0.3 is 0 Å².